The highest BCUT2D eigenvalue weighted by atomic mass is 19.1. The summed E-state index contributed by atoms with van der Waals surface area (Å²) in [5.74, 6) is -1.44. The molecule has 0 aliphatic heterocycles. The zero-order chi connectivity index (χ0) is 14.7. The molecule has 1 unspecified atom stereocenters. The lowest BCUT2D eigenvalue weighted by molar-refractivity contribution is 0.0659. The van der Waals surface area contributed by atoms with E-state index >= 15 is 0 Å². The molecule has 0 saturated carbocycles. The van der Waals surface area contributed by atoms with Crippen LogP contribution in [0, 0.1) is 5.82 Å². The number of halogens is 1. The molecule has 1 atom stereocenters. The van der Waals surface area contributed by atoms with Crippen molar-refractivity contribution < 1.29 is 18.7 Å². The predicted octanol–water partition coefficient (Wildman–Crippen LogP) is 3.31. The van der Waals surface area contributed by atoms with Gasteiger partial charge >= 0.3 is 5.97 Å². The van der Waals surface area contributed by atoms with Crippen LogP contribution in [0.2, 0.25) is 0 Å². The van der Waals surface area contributed by atoms with Crippen molar-refractivity contribution >= 4 is 5.97 Å². The predicted molar refractivity (Wildman–Crippen MR) is 71.9 cm³/mol. The highest BCUT2D eigenvalue weighted by Gasteiger charge is 2.20. The summed E-state index contributed by atoms with van der Waals surface area (Å²) in [7, 11) is 1.82. The maximum absolute atomic E-state index is 13.7. The highest BCUT2D eigenvalue weighted by molar-refractivity contribution is 5.86. The number of aromatic carboxylic acids is 1. The Kier molecular flexibility index (Phi) is 4.20. The van der Waals surface area contributed by atoms with Gasteiger partial charge in [0, 0.05) is 23.7 Å². The van der Waals surface area contributed by atoms with E-state index in [4.69, 9.17) is 9.52 Å². The van der Waals surface area contributed by atoms with Gasteiger partial charge in [0.25, 0.3) is 0 Å². The Bertz CT molecular complexity index is 609. The maximum atomic E-state index is 13.7. The van der Waals surface area contributed by atoms with Crippen molar-refractivity contribution in [1.82, 2.24) is 4.90 Å². The molecule has 4 nitrogen and oxygen atoms in total. The van der Waals surface area contributed by atoms with Gasteiger partial charge in [-0.3, -0.25) is 4.90 Å². The summed E-state index contributed by atoms with van der Waals surface area (Å²) < 4.78 is 18.7. The fourth-order valence-corrected chi connectivity index (χ4v) is 2.10. The molecule has 20 heavy (non-hydrogen) atoms. The van der Waals surface area contributed by atoms with E-state index in [-0.39, 0.29) is 17.6 Å². The van der Waals surface area contributed by atoms with Crippen molar-refractivity contribution in [2.24, 2.45) is 0 Å². The van der Waals surface area contributed by atoms with Crippen LogP contribution >= 0.6 is 0 Å². The number of carboxylic acids is 1. The van der Waals surface area contributed by atoms with E-state index in [2.05, 4.69) is 0 Å². The number of rotatable bonds is 5. The van der Waals surface area contributed by atoms with Crippen LogP contribution in [-0.2, 0) is 6.54 Å². The first-order chi connectivity index (χ1) is 9.50. The largest absolute Gasteiger partial charge is 0.475 e. The van der Waals surface area contributed by atoms with Gasteiger partial charge in [0.15, 0.2) is 0 Å². The highest BCUT2D eigenvalue weighted by Crippen LogP contribution is 2.24. The second-order valence-electron chi connectivity index (χ2n) is 4.69. The normalized spacial score (nSPS) is 12.6. The minimum Gasteiger partial charge on any atom is -0.475 e. The lowest BCUT2D eigenvalue weighted by atomic mass is 10.1. The minimum absolute atomic E-state index is 0.0717. The van der Waals surface area contributed by atoms with Crippen LogP contribution in [0.4, 0.5) is 4.39 Å². The van der Waals surface area contributed by atoms with Gasteiger partial charge in [-0.15, -0.1) is 0 Å². The van der Waals surface area contributed by atoms with E-state index in [1.807, 2.05) is 18.9 Å². The molecule has 2 rings (SSSR count). The molecule has 106 valence electrons. The smallest absolute Gasteiger partial charge is 0.372 e. The monoisotopic (exact) mass is 277 g/mol. The Morgan fingerprint density at radius 2 is 2.10 bits per heavy atom. The molecule has 0 bridgehead atoms. The molecule has 0 aliphatic rings. The van der Waals surface area contributed by atoms with Gasteiger partial charge in [0.1, 0.15) is 5.82 Å². The zero-order valence-electron chi connectivity index (χ0n) is 11.3. The molecule has 1 aromatic carbocycles. The zero-order valence-corrected chi connectivity index (χ0v) is 11.3. The van der Waals surface area contributed by atoms with Gasteiger partial charge in [-0.05, 0) is 26.1 Å². The summed E-state index contributed by atoms with van der Waals surface area (Å²) >= 11 is 0. The molecule has 5 heteroatoms. The first kappa shape index (κ1) is 14.3. The number of benzene rings is 1. The SMILES string of the molecule is CC(c1ccccc1F)N(C)Cc1ccoc1C(=O)O. The number of hydrogen-bond donors (Lipinski definition) is 1. The molecule has 2 aromatic rings. The molecule has 0 radical (unpaired) electrons. The Balaban J connectivity index is 2.16. The second kappa shape index (κ2) is 5.88. The van der Waals surface area contributed by atoms with Crippen LogP contribution in [0.15, 0.2) is 41.0 Å². The van der Waals surface area contributed by atoms with Gasteiger partial charge < -0.3 is 9.52 Å². The van der Waals surface area contributed by atoms with Crippen LogP contribution < -0.4 is 0 Å². The fourth-order valence-electron chi connectivity index (χ4n) is 2.10. The number of carbonyl (C=O) groups is 1. The Morgan fingerprint density at radius 1 is 1.40 bits per heavy atom. The van der Waals surface area contributed by atoms with Crippen LogP contribution in [0.1, 0.15) is 34.6 Å². The molecule has 0 amide bonds. The fraction of sp³-hybridized carbons (Fsp3) is 0.267. The third-order valence-electron chi connectivity index (χ3n) is 3.38. The van der Waals surface area contributed by atoms with E-state index in [9.17, 15) is 9.18 Å². The number of hydrogen-bond acceptors (Lipinski definition) is 3. The Morgan fingerprint density at radius 3 is 2.75 bits per heavy atom. The summed E-state index contributed by atoms with van der Waals surface area (Å²) in [5, 5.41) is 8.99. The number of furan rings is 1. The molecule has 1 heterocycles. The lowest BCUT2D eigenvalue weighted by Crippen LogP contribution is -2.23. The molecular weight excluding hydrogens is 261 g/mol. The van der Waals surface area contributed by atoms with Gasteiger partial charge in [-0.25, -0.2) is 9.18 Å². The van der Waals surface area contributed by atoms with Crippen molar-refractivity contribution in [3.63, 3.8) is 0 Å². The van der Waals surface area contributed by atoms with Crippen molar-refractivity contribution in [3.8, 4) is 0 Å². The molecular formula is C15H16FNO3. The Labute approximate surface area is 116 Å². The number of carboxylic acid groups (broad SMARTS) is 1. The summed E-state index contributed by atoms with van der Waals surface area (Å²) in [5.41, 5.74) is 1.15. The maximum Gasteiger partial charge on any atom is 0.372 e. The topological polar surface area (TPSA) is 53.7 Å². The standard InChI is InChI=1S/C15H16FNO3/c1-10(12-5-3-4-6-13(12)16)17(2)9-11-7-8-20-14(11)15(18)19/h3-8,10H,9H2,1-2H3,(H,18,19). The first-order valence-corrected chi connectivity index (χ1v) is 6.25. The Hall–Kier alpha value is -2.14. The third kappa shape index (κ3) is 2.88. The van der Waals surface area contributed by atoms with Gasteiger partial charge in [0.05, 0.1) is 6.26 Å². The van der Waals surface area contributed by atoms with Crippen LogP contribution in [0.5, 0.6) is 0 Å². The van der Waals surface area contributed by atoms with Crippen LogP contribution in [0.25, 0.3) is 0 Å². The van der Waals surface area contributed by atoms with E-state index < -0.39 is 5.97 Å². The third-order valence-corrected chi connectivity index (χ3v) is 3.38. The molecule has 1 aromatic heterocycles. The molecule has 0 spiro atoms. The van der Waals surface area contributed by atoms with Crippen LogP contribution in [-0.4, -0.2) is 23.0 Å². The summed E-state index contributed by atoms with van der Waals surface area (Å²) in [4.78, 5) is 12.9. The lowest BCUT2D eigenvalue weighted by Gasteiger charge is -2.25. The van der Waals surface area contributed by atoms with E-state index in [0.29, 0.717) is 17.7 Å². The second-order valence-corrected chi connectivity index (χ2v) is 4.69. The van der Waals surface area contributed by atoms with Crippen molar-refractivity contribution in [3.05, 3.63) is 59.3 Å². The minimum atomic E-state index is -1.10. The van der Waals surface area contributed by atoms with Crippen molar-refractivity contribution in [2.75, 3.05) is 7.05 Å². The molecule has 0 aliphatic carbocycles. The summed E-state index contributed by atoms with van der Waals surface area (Å²) in [6.07, 6.45) is 1.35. The quantitative estimate of drug-likeness (QED) is 0.911. The van der Waals surface area contributed by atoms with Crippen molar-refractivity contribution in [1.29, 1.82) is 0 Å². The first-order valence-electron chi connectivity index (χ1n) is 6.25. The van der Waals surface area contributed by atoms with Gasteiger partial charge in [0.2, 0.25) is 5.76 Å². The molecule has 1 N–H and O–H groups in total. The average Bonchev–Trinajstić information content (AvgIpc) is 2.86. The van der Waals surface area contributed by atoms with E-state index in [1.54, 1.807) is 24.3 Å². The average molecular weight is 277 g/mol. The van der Waals surface area contributed by atoms with Gasteiger partial charge in [-0.2, -0.15) is 0 Å². The summed E-state index contributed by atoms with van der Waals surface area (Å²) in [6, 6.07) is 8.01. The van der Waals surface area contributed by atoms with Crippen LogP contribution in [0.3, 0.4) is 0 Å². The summed E-state index contributed by atoms with van der Waals surface area (Å²) in [6.45, 7) is 2.24. The van der Waals surface area contributed by atoms with E-state index in [1.165, 1.54) is 12.3 Å². The number of nitrogens with zero attached hydrogens (tertiary/aromatic N) is 1. The molecule has 0 saturated heterocycles. The molecule has 0 fully saturated rings. The van der Waals surface area contributed by atoms with E-state index in [0.717, 1.165) is 0 Å². The van der Waals surface area contributed by atoms with Crippen molar-refractivity contribution in [2.45, 2.75) is 19.5 Å². The van der Waals surface area contributed by atoms with Gasteiger partial charge in [-0.1, -0.05) is 18.2 Å².